The van der Waals surface area contributed by atoms with Crippen LogP contribution in [0.25, 0.3) is 0 Å². The monoisotopic (exact) mass is 478 g/mol. The molecule has 5 radical (unpaired) electrons. The SMILES string of the molecule is O=C(N[C@@H](Cc1ccccc1)C(=O)NCCNC(=S)Nc1ccc([N+](=O)[O-])cc1)[C]1[CH][CH][CH][CH]1. The summed E-state index contributed by atoms with van der Waals surface area (Å²) in [4.78, 5) is 35.6. The molecule has 9 nitrogen and oxygen atoms in total. The zero-order valence-corrected chi connectivity index (χ0v) is 19.0. The number of nitro groups is 1. The summed E-state index contributed by atoms with van der Waals surface area (Å²) in [7, 11) is 0. The highest BCUT2D eigenvalue weighted by molar-refractivity contribution is 7.80. The summed E-state index contributed by atoms with van der Waals surface area (Å²) in [5, 5.41) is 22.5. The molecule has 2 amide bonds. The van der Waals surface area contributed by atoms with Gasteiger partial charge in [-0.2, -0.15) is 0 Å². The van der Waals surface area contributed by atoms with Gasteiger partial charge in [0.15, 0.2) is 5.11 Å². The molecule has 1 aliphatic carbocycles. The number of nitrogens with zero attached hydrogens (tertiary/aromatic N) is 1. The standard InChI is InChI=1S/C24H24N5O4S/c30-22(18-8-4-5-9-18)28-21(16-17-6-2-1-3-7-17)23(31)25-14-15-26-24(34)27-19-10-12-20(13-11-19)29(32)33/h1-13,21H,14-16H2,(H,25,31)(H,28,30)(H2,26,27,34)/t21-/m0/s1. The van der Waals surface area contributed by atoms with Crippen LogP contribution in [0.4, 0.5) is 11.4 Å². The van der Waals surface area contributed by atoms with Crippen LogP contribution in [-0.4, -0.2) is 41.0 Å². The number of anilines is 1. The Morgan fingerprint density at radius 2 is 1.59 bits per heavy atom. The van der Waals surface area contributed by atoms with Crippen molar-refractivity contribution in [3.05, 3.63) is 102 Å². The molecule has 34 heavy (non-hydrogen) atoms. The lowest BCUT2D eigenvalue weighted by atomic mass is 10.0. The van der Waals surface area contributed by atoms with Crippen molar-refractivity contribution in [3.8, 4) is 0 Å². The Balaban J connectivity index is 1.46. The van der Waals surface area contributed by atoms with E-state index in [1.807, 2.05) is 30.3 Å². The van der Waals surface area contributed by atoms with Crippen molar-refractivity contribution in [2.75, 3.05) is 18.4 Å². The molecular formula is C24H24N5O4S. The highest BCUT2D eigenvalue weighted by atomic mass is 32.1. The molecule has 3 rings (SSSR count). The van der Waals surface area contributed by atoms with Gasteiger partial charge in [-0.3, -0.25) is 19.7 Å². The zero-order chi connectivity index (χ0) is 24.3. The molecule has 1 aliphatic rings. The van der Waals surface area contributed by atoms with E-state index in [1.165, 1.54) is 12.1 Å². The van der Waals surface area contributed by atoms with Crippen LogP contribution in [0.2, 0.25) is 0 Å². The van der Waals surface area contributed by atoms with Crippen LogP contribution in [0.15, 0.2) is 54.6 Å². The predicted octanol–water partition coefficient (Wildman–Crippen LogP) is 2.13. The highest BCUT2D eigenvalue weighted by Crippen LogP contribution is 2.23. The molecule has 2 aromatic rings. The first-order chi connectivity index (χ1) is 16.4. The second kappa shape index (κ2) is 12.6. The van der Waals surface area contributed by atoms with E-state index >= 15 is 0 Å². The average molecular weight is 479 g/mol. The van der Waals surface area contributed by atoms with Gasteiger partial charge in [-0.1, -0.05) is 30.3 Å². The summed E-state index contributed by atoms with van der Waals surface area (Å²) in [6.45, 7) is 0.623. The normalized spacial score (nSPS) is 14.1. The Morgan fingerprint density at radius 3 is 2.24 bits per heavy atom. The lowest BCUT2D eigenvalue weighted by molar-refractivity contribution is -0.384. The summed E-state index contributed by atoms with van der Waals surface area (Å²) in [5.41, 5.74) is 1.52. The van der Waals surface area contributed by atoms with Crippen LogP contribution in [0.5, 0.6) is 0 Å². The molecule has 175 valence electrons. The van der Waals surface area contributed by atoms with Crippen molar-refractivity contribution in [2.45, 2.75) is 12.5 Å². The largest absolute Gasteiger partial charge is 0.361 e. The Kier molecular flexibility index (Phi) is 9.33. The Hall–Kier alpha value is -3.53. The van der Waals surface area contributed by atoms with Crippen LogP contribution in [-0.2, 0) is 16.0 Å². The first kappa shape index (κ1) is 25.1. The van der Waals surface area contributed by atoms with Crippen molar-refractivity contribution in [2.24, 2.45) is 0 Å². The minimum Gasteiger partial charge on any atom is -0.361 e. The van der Waals surface area contributed by atoms with Crippen LogP contribution in [0, 0.1) is 41.7 Å². The maximum atomic E-state index is 12.8. The minimum atomic E-state index is -0.741. The second-order valence-electron chi connectivity index (χ2n) is 7.37. The highest BCUT2D eigenvalue weighted by Gasteiger charge is 2.28. The zero-order valence-electron chi connectivity index (χ0n) is 18.2. The lowest BCUT2D eigenvalue weighted by Crippen LogP contribution is -2.50. The van der Waals surface area contributed by atoms with E-state index in [4.69, 9.17) is 12.2 Å². The topological polar surface area (TPSA) is 125 Å². The van der Waals surface area contributed by atoms with Crippen molar-refractivity contribution < 1.29 is 14.5 Å². The van der Waals surface area contributed by atoms with Crippen LogP contribution >= 0.6 is 12.2 Å². The smallest absolute Gasteiger partial charge is 0.269 e. The van der Waals surface area contributed by atoms with Gasteiger partial charge < -0.3 is 21.3 Å². The molecule has 1 atom stereocenters. The van der Waals surface area contributed by atoms with Gasteiger partial charge in [-0.05, 0) is 55.6 Å². The average Bonchev–Trinajstić information content (AvgIpc) is 3.37. The number of nitrogens with one attached hydrogen (secondary N) is 4. The van der Waals surface area contributed by atoms with Crippen molar-refractivity contribution >= 4 is 40.5 Å². The van der Waals surface area contributed by atoms with Gasteiger partial charge in [0, 0.05) is 37.3 Å². The third-order valence-corrected chi connectivity index (χ3v) is 5.12. The number of nitro benzene ring substituents is 1. The van der Waals surface area contributed by atoms with Gasteiger partial charge in [0.25, 0.3) is 5.69 Å². The summed E-state index contributed by atoms with van der Waals surface area (Å²) < 4.78 is 0. The van der Waals surface area contributed by atoms with E-state index in [0.29, 0.717) is 29.7 Å². The summed E-state index contributed by atoms with van der Waals surface area (Å²) in [6, 6.07) is 14.6. The Labute approximate surface area is 203 Å². The van der Waals surface area contributed by atoms with Crippen molar-refractivity contribution in [1.29, 1.82) is 0 Å². The molecule has 0 bridgehead atoms. The number of amides is 2. The molecule has 0 aliphatic heterocycles. The van der Waals surface area contributed by atoms with E-state index < -0.39 is 11.0 Å². The lowest BCUT2D eigenvalue weighted by Gasteiger charge is -2.20. The molecule has 10 heteroatoms. The fourth-order valence-corrected chi connectivity index (χ4v) is 3.37. The van der Waals surface area contributed by atoms with Crippen molar-refractivity contribution in [3.63, 3.8) is 0 Å². The van der Waals surface area contributed by atoms with Crippen LogP contribution < -0.4 is 21.3 Å². The molecule has 0 heterocycles. The van der Waals surface area contributed by atoms with E-state index in [2.05, 4.69) is 21.3 Å². The number of hydrogen-bond acceptors (Lipinski definition) is 5. The van der Waals surface area contributed by atoms with Gasteiger partial charge in [-0.15, -0.1) is 0 Å². The molecule has 0 saturated heterocycles. The molecule has 1 fully saturated rings. The Bertz CT molecular complexity index is 994. The quantitative estimate of drug-likeness (QED) is 0.178. The fraction of sp³-hybridized carbons (Fsp3) is 0.167. The molecular weight excluding hydrogens is 454 g/mol. The van der Waals surface area contributed by atoms with Crippen LogP contribution in [0.1, 0.15) is 5.56 Å². The number of carbonyl (C=O) groups is 2. The molecule has 2 aromatic carbocycles. The van der Waals surface area contributed by atoms with Crippen LogP contribution in [0.3, 0.4) is 0 Å². The third-order valence-electron chi connectivity index (χ3n) is 4.88. The summed E-state index contributed by atoms with van der Waals surface area (Å²) >= 11 is 5.21. The number of hydrogen-bond donors (Lipinski definition) is 4. The number of carbonyl (C=O) groups excluding carboxylic acids is 2. The van der Waals surface area contributed by atoms with E-state index in [0.717, 1.165) is 5.56 Å². The molecule has 0 unspecified atom stereocenters. The Morgan fingerprint density at radius 1 is 0.941 bits per heavy atom. The number of thiocarbonyl (C=S) groups is 1. The van der Waals surface area contributed by atoms with Crippen molar-refractivity contribution in [1.82, 2.24) is 16.0 Å². The van der Waals surface area contributed by atoms with Gasteiger partial charge in [0.05, 0.1) is 10.8 Å². The van der Waals surface area contributed by atoms with Gasteiger partial charge in [-0.25, -0.2) is 0 Å². The number of rotatable bonds is 10. The predicted molar refractivity (Wildman–Crippen MR) is 133 cm³/mol. The molecule has 1 saturated carbocycles. The fourth-order valence-electron chi connectivity index (χ4n) is 3.15. The molecule has 4 N–H and O–H groups in total. The summed E-state index contributed by atoms with van der Waals surface area (Å²) in [6.07, 6.45) is 7.26. The number of non-ortho nitro benzene ring substituents is 1. The van der Waals surface area contributed by atoms with Gasteiger partial charge >= 0.3 is 0 Å². The number of benzene rings is 2. The maximum absolute atomic E-state index is 12.8. The van der Waals surface area contributed by atoms with E-state index in [1.54, 1.807) is 37.8 Å². The summed E-state index contributed by atoms with van der Waals surface area (Å²) in [5.74, 6) is -0.123. The molecule has 0 spiro atoms. The van der Waals surface area contributed by atoms with E-state index in [-0.39, 0.29) is 24.0 Å². The molecule has 0 aromatic heterocycles. The first-order valence-corrected chi connectivity index (χ1v) is 11.0. The third kappa shape index (κ3) is 7.80. The second-order valence-corrected chi connectivity index (χ2v) is 7.77. The maximum Gasteiger partial charge on any atom is 0.269 e. The van der Waals surface area contributed by atoms with Gasteiger partial charge in [0.1, 0.15) is 6.04 Å². The van der Waals surface area contributed by atoms with E-state index in [9.17, 15) is 19.7 Å². The first-order valence-electron chi connectivity index (χ1n) is 10.6. The van der Waals surface area contributed by atoms with Gasteiger partial charge in [0.2, 0.25) is 11.8 Å². The minimum absolute atomic E-state index is 0.0114.